The van der Waals surface area contributed by atoms with E-state index in [1.54, 1.807) is 10.9 Å². The number of pyridine rings is 1. The van der Waals surface area contributed by atoms with Gasteiger partial charge in [-0.15, -0.1) is 0 Å². The van der Waals surface area contributed by atoms with Crippen molar-refractivity contribution in [2.75, 3.05) is 0 Å². The van der Waals surface area contributed by atoms with Crippen molar-refractivity contribution in [3.63, 3.8) is 0 Å². The van der Waals surface area contributed by atoms with Crippen molar-refractivity contribution in [1.29, 1.82) is 0 Å². The highest BCUT2D eigenvalue weighted by Crippen LogP contribution is 2.15. The maximum Gasteiger partial charge on any atom is 0.148 e. The Morgan fingerprint density at radius 1 is 1.35 bits per heavy atom. The lowest BCUT2D eigenvalue weighted by Gasteiger charge is -2.08. The largest absolute Gasteiger partial charge is 0.387 e. The number of rotatable bonds is 3. The van der Waals surface area contributed by atoms with Crippen LogP contribution >= 0.6 is 0 Å². The minimum Gasteiger partial charge on any atom is -0.387 e. The van der Waals surface area contributed by atoms with Gasteiger partial charge in [-0.1, -0.05) is 6.92 Å². The second kappa shape index (κ2) is 4.63. The molecule has 1 N–H and O–H groups in total. The van der Waals surface area contributed by atoms with Crippen LogP contribution in [0.25, 0.3) is 5.69 Å². The molecule has 0 aliphatic heterocycles. The molecule has 0 amide bonds. The van der Waals surface area contributed by atoms with Crippen LogP contribution in [0.3, 0.4) is 0 Å². The van der Waals surface area contributed by atoms with Crippen LogP contribution in [-0.4, -0.2) is 24.9 Å². The molecule has 0 fully saturated rings. The van der Waals surface area contributed by atoms with Gasteiger partial charge in [0, 0.05) is 0 Å². The first-order valence-electron chi connectivity index (χ1n) is 5.66. The second-order valence-electron chi connectivity index (χ2n) is 3.98. The molecule has 0 aromatic carbocycles. The van der Waals surface area contributed by atoms with Gasteiger partial charge in [0.25, 0.3) is 0 Å². The normalized spacial score (nSPS) is 12.7. The van der Waals surface area contributed by atoms with E-state index >= 15 is 0 Å². The third-order valence-corrected chi connectivity index (χ3v) is 2.62. The van der Waals surface area contributed by atoms with Crippen LogP contribution in [0.4, 0.5) is 0 Å². The molecular weight excluding hydrogens is 216 g/mol. The zero-order chi connectivity index (χ0) is 12.4. The quantitative estimate of drug-likeness (QED) is 0.875. The van der Waals surface area contributed by atoms with E-state index in [2.05, 4.69) is 15.1 Å². The molecule has 0 bridgehead atoms. The molecule has 5 heteroatoms. The summed E-state index contributed by atoms with van der Waals surface area (Å²) >= 11 is 0. The zero-order valence-electron chi connectivity index (χ0n) is 10.3. The average Bonchev–Trinajstić information content (AvgIpc) is 2.68. The van der Waals surface area contributed by atoms with Crippen LogP contribution in [-0.2, 0) is 0 Å². The molecule has 0 aliphatic rings. The van der Waals surface area contributed by atoms with Crippen molar-refractivity contribution < 1.29 is 5.11 Å². The number of aromatic nitrogens is 4. The molecule has 17 heavy (non-hydrogen) atoms. The van der Waals surface area contributed by atoms with Gasteiger partial charge in [0.05, 0.1) is 23.7 Å². The fourth-order valence-electron chi connectivity index (χ4n) is 1.69. The number of hydrogen-bond donors (Lipinski definition) is 1. The smallest absolute Gasteiger partial charge is 0.148 e. The van der Waals surface area contributed by atoms with Gasteiger partial charge in [0.15, 0.2) is 0 Å². The Morgan fingerprint density at radius 3 is 2.59 bits per heavy atom. The Balaban J connectivity index is 2.32. The molecule has 2 heterocycles. The summed E-state index contributed by atoms with van der Waals surface area (Å²) in [7, 11) is 0. The third-order valence-electron chi connectivity index (χ3n) is 2.62. The van der Waals surface area contributed by atoms with Crippen LogP contribution < -0.4 is 0 Å². The summed E-state index contributed by atoms with van der Waals surface area (Å²) < 4.78 is 1.74. The minimum atomic E-state index is -0.498. The minimum absolute atomic E-state index is 0.498. The van der Waals surface area contributed by atoms with Crippen LogP contribution in [0.2, 0.25) is 0 Å². The van der Waals surface area contributed by atoms with E-state index in [-0.39, 0.29) is 0 Å². The average molecular weight is 232 g/mol. The number of hydrogen-bond acceptors (Lipinski definition) is 4. The summed E-state index contributed by atoms with van der Waals surface area (Å²) in [6.45, 7) is 5.67. The topological polar surface area (TPSA) is 63.8 Å². The Hall–Kier alpha value is -1.75. The Labute approximate surface area is 100 Å². The summed E-state index contributed by atoms with van der Waals surface area (Å²) in [6, 6.07) is 3.71. The fourth-order valence-corrected chi connectivity index (χ4v) is 1.69. The standard InChI is InChI=1S/C12H16N4O/c1-4-12(17)11-6-5-10(7-13-11)16-9(3)14-8(2)15-16/h5-7,12,17H,4H2,1-3H3/t12-/m1/s1. The molecule has 0 spiro atoms. The Kier molecular flexibility index (Phi) is 3.19. The van der Waals surface area contributed by atoms with E-state index in [9.17, 15) is 5.11 Å². The highest BCUT2D eigenvalue weighted by atomic mass is 16.3. The zero-order valence-corrected chi connectivity index (χ0v) is 10.3. The molecule has 0 saturated heterocycles. The van der Waals surface area contributed by atoms with Gasteiger partial charge in [0.1, 0.15) is 11.6 Å². The lowest BCUT2D eigenvalue weighted by atomic mass is 10.2. The van der Waals surface area contributed by atoms with E-state index in [1.807, 2.05) is 32.9 Å². The monoisotopic (exact) mass is 232 g/mol. The van der Waals surface area contributed by atoms with Gasteiger partial charge in [-0.2, -0.15) is 5.10 Å². The van der Waals surface area contributed by atoms with Crippen molar-refractivity contribution in [3.8, 4) is 5.69 Å². The van der Waals surface area contributed by atoms with E-state index in [4.69, 9.17) is 0 Å². The predicted molar refractivity (Wildman–Crippen MR) is 63.9 cm³/mol. The highest BCUT2D eigenvalue weighted by molar-refractivity contribution is 5.30. The van der Waals surface area contributed by atoms with Crippen LogP contribution in [0.15, 0.2) is 18.3 Å². The van der Waals surface area contributed by atoms with Gasteiger partial charge in [-0.05, 0) is 32.4 Å². The van der Waals surface area contributed by atoms with Crippen LogP contribution in [0, 0.1) is 13.8 Å². The van der Waals surface area contributed by atoms with E-state index in [0.717, 1.165) is 17.3 Å². The third kappa shape index (κ3) is 2.34. The first kappa shape index (κ1) is 11.7. The summed E-state index contributed by atoms with van der Waals surface area (Å²) in [6.07, 6.45) is 1.87. The van der Waals surface area contributed by atoms with Gasteiger partial charge < -0.3 is 5.11 Å². The van der Waals surface area contributed by atoms with Gasteiger partial charge in [-0.3, -0.25) is 4.98 Å². The molecule has 0 saturated carbocycles. The molecule has 90 valence electrons. The van der Waals surface area contributed by atoms with Crippen molar-refractivity contribution in [2.45, 2.75) is 33.3 Å². The molecule has 0 radical (unpaired) electrons. The lowest BCUT2D eigenvalue weighted by molar-refractivity contribution is 0.169. The van der Waals surface area contributed by atoms with Gasteiger partial charge in [-0.25, -0.2) is 9.67 Å². The number of aliphatic hydroxyl groups is 1. The first-order valence-corrected chi connectivity index (χ1v) is 5.66. The SMILES string of the molecule is CC[C@@H](O)c1ccc(-n2nc(C)nc2C)cn1. The molecule has 2 rings (SSSR count). The molecule has 1 atom stereocenters. The predicted octanol–water partition coefficient (Wildman–Crippen LogP) is 1.72. The number of aryl methyl sites for hydroxylation is 2. The van der Waals surface area contributed by atoms with E-state index in [0.29, 0.717) is 12.1 Å². The van der Waals surface area contributed by atoms with Crippen molar-refractivity contribution in [2.24, 2.45) is 0 Å². The molecule has 0 aliphatic carbocycles. The molecule has 0 unspecified atom stereocenters. The highest BCUT2D eigenvalue weighted by Gasteiger charge is 2.08. The molecule has 2 aromatic rings. The lowest BCUT2D eigenvalue weighted by Crippen LogP contribution is -2.03. The molecular formula is C12H16N4O. The molecule has 5 nitrogen and oxygen atoms in total. The van der Waals surface area contributed by atoms with Crippen LogP contribution in [0.1, 0.15) is 36.8 Å². The number of nitrogens with zero attached hydrogens (tertiary/aromatic N) is 4. The van der Waals surface area contributed by atoms with E-state index < -0.39 is 6.10 Å². The summed E-state index contributed by atoms with van der Waals surface area (Å²) in [5.74, 6) is 1.56. The summed E-state index contributed by atoms with van der Waals surface area (Å²) in [5, 5.41) is 13.9. The Bertz CT molecular complexity index is 504. The fraction of sp³-hybridized carbons (Fsp3) is 0.417. The second-order valence-corrected chi connectivity index (χ2v) is 3.98. The maximum absolute atomic E-state index is 9.65. The van der Waals surface area contributed by atoms with Crippen molar-refractivity contribution >= 4 is 0 Å². The number of aliphatic hydroxyl groups excluding tert-OH is 1. The van der Waals surface area contributed by atoms with Crippen molar-refractivity contribution in [1.82, 2.24) is 19.7 Å². The first-order chi connectivity index (χ1) is 8.11. The van der Waals surface area contributed by atoms with Crippen LogP contribution in [0.5, 0.6) is 0 Å². The molecule has 2 aromatic heterocycles. The summed E-state index contributed by atoms with van der Waals surface area (Å²) in [5.41, 5.74) is 1.54. The van der Waals surface area contributed by atoms with E-state index in [1.165, 1.54) is 0 Å². The Morgan fingerprint density at radius 2 is 2.12 bits per heavy atom. The summed E-state index contributed by atoms with van der Waals surface area (Å²) in [4.78, 5) is 8.47. The van der Waals surface area contributed by atoms with Crippen molar-refractivity contribution in [3.05, 3.63) is 35.7 Å². The maximum atomic E-state index is 9.65. The van der Waals surface area contributed by atoms with Gasteiger partial charge in [0.2, 0.25) is 0 Å². The van der Waals surface area contributed by atoms with Gasteiger partial charge >= 0.3 is 0 Å².